The lowest BCUT2D eigenvalue weighted by atomic mass is 9.91. The molecule has 0 saturated carbocycles. The average Bonchev–Trinajstić information content (AvgIpc) is 2.97. The molecule has 0 aliphatic carbocycles. The zero-order chi connectivity index (χ0) is 12.3. The molecule has 1 aromatic heterocycles. The molecule has 0 bridgehead atoms. The van der Waals surface area contributed by atoms with Crippen molar-refractivity contribution in [2.45, 2.75) is 38.1 Å². The Labute approximate surface area is 119 Å². The molecule has 0 aromatic carbocycles. The van der Waals surface area contributed by atoms with Gasteiger partial charge in [0.15, 0.2) is 0 Å². The molecular weight excluding hydrogens is 268 g/mol. The smallest absolute Gasteiger partial charge is 0.237 e. The van der Waals surface area contributed by atoms with E-state index in [9.17, 15) is 4.79 Å². The van der Waals surface area contributed by atoms with E-state index in [1.165, 1.54) is 4.88 Å². The van der Waals surface area contributed by atoms with Crippen LogP contribution in [0.5, 0.6) is 0 Å². The normalized spacial score (nSPS) is 19.3. The molecule has 102 valence electrons. The number of hydrogen-bond donors (Lipinski definition) is 2. The van der Waals surface area contributed by atoms with Crippen molar-refractivity contribution in [2.24, 2.45) is 0 Å². The van der Waals surface area contributed by atoms with Gasteiger partial charge in [-0.2, -0.15) is 0 Å². The minimum absolute atomic E-state index is 0. The highest BCUT2D eigenvalue weighted by Crippen LogP contribution is 2.26. The van der Waals surface area contributed by atoms with Crippen LogP contribution in [0.15, 0.2) is 17.5 Å². The molecule has 2 N–H and O–H groups in total. The van der Waals surface area contributed by atoms with E-state index in [0.29, 0.717) is 6.54 Å². The third-order valence-electron chi connectivity index (χ3n) is 3.27. The van der Waals surface area contributed by atoms with Crippen molar-refractivity contribution >= 4 is 29.7 Å². The van der Waals surface area contributed by atoms with E-state index >= 15 is 0 Å². The quantitative estimate of drug-likeness (QED) is 0.893. The van der Waals surface area contributed by atoms with E-state index in [2.05, 4.69) is 42.0 Å². The number of amides is 1. The van der Waals surface area contributed by atoms with Crippen LogP contribution in [0.1, 0.15) is 31.6 Å². The zero-order valence-corrected chi connectivity index (χ0v) is 12.5. The van der Waals surface area contributed by atoms with Crippen molar-refractivity contribution in [1.82, 2.24) is 10.6 Å². The third-order valence-corrected chi connectivity index (χ3v) is 4.51. The molecule has 2 rings (SSSR count). The molecule has 2 heterocycles. The van der Waals surface area contributed by atoms with Crippen LogP contribution in [0.2, 0.25) is 0 Å². The van der Waals surface area contributed by atoms with Gasteiger partial charge >= 0.3 is 0 Å². The third kappa shape index (κ3) is 3.70. The summed E-state index contributed by atoms with van der Waals surface area (Å²) in [5.41, 5.74) is 0.0163. The Morgan fingerprint density at radius 3 is 2.94 bits per heavy atom. The molecule has 1 amide bonds. The molecule has 1 saturated heterocycles. The molecular formula is C13H21ClN2OS. The van der Waals surface area contributed by atoms with Crippen LogP contribution in [0, 0.1) is 0 Å². The van der Waals surface area contributed by atoms with Crippen LogP contribution in [-0.2, 0) is 10.2 Å². The summed E-state index contributed by atoms with van der Waals surface area (Å²) in [6, 6.07) is 4.21. The van der Waals surface area contributed by atoms with Gasteiger partial charge < -0.3 is 10.6 Å². The molecule has 1 aromatic rings. The van der Waals surface area contributed by atoms with Crippen molar-refractivity contribution in [3.8, 4) is 0 Å². The summed E-state index contributed by atoms with van der Waals surface area (Å²) in [5.74, 6) is 0.145. The largest absolute Gasteiger partial charge is 0.354 e. The highest BCUT2D eigenvalue weighted by molar-refractivity contribution is 7.10. The van der Waals surface area contributed by atoms with E-state index in [1.807, 2.05) is 0 Å². The van der Waals surface area contributed by atoms with Crippen molar-refractivity contribution < 1.29 is 4.79 Å². The molecule has 1 atom stereocenters. The van der Waals surface area contributed by atoms with Gasteiger partial charge in [-0.1, -0.05) is 19.9 Å². The number of nitrogens with one attached hydrogen (secondary N) is 2. The average molecular weight is 289 g/mol. The van der Waals surface area contributed by atoms with Crippen molar-refractivity contribution in [2.75, 3.05) is 13.1 Å². The SMILES string of the molecule is CC(C)(CNC(=O)C1CCCN1)c1cccs1.Cl. The first-order valence-corrected chi connectivity index (χ1v) is 7.03. The fourth-order valence-corrected chi connectivity index (χ4v) is 2.94. The summed E-state index contributed by atoms with van der Waals surface area (Å²) >= 11 is 1.75. The first-order valence-electron chi connectivity index (χ1n) is 6.15. The Balaban J connectivity index is 0.00000162. The first kappa shape index (κ1) is 15.5. The second-order valence-corrected chi connectivity index (χ2v) is 6.18. The molecule has 1 aliphatic rings. The minimum Gasteiger partial charge on any atom is -0.354 e. The summed E-state index contributed by atoms with van der Waals surface area (Å²) < 4.78 is 0. The second kappa shape index (κ2) is 6.55. The minimum atomic E-state index is 0. The summed E-state index contributed by atoms with van der Waals surface area (Å²) in [6.07, 6.45) is 2.07. The Morgan fingerprint density at radius 1 is 1.61 bits per heavy atom. The Kier molecular flexibility index (Phi) is 5.63. The van der Waals surface area contributed by atoms with Crippen molar-refractivity contribution in [1.29, 1.82) is 0 Å². The molecule has 0 radical (unpaired) electrons. The molecule has 0 spiro atoms. The van der Waals surface area contributed by atoms with E-state index in [0.717, 1.165) is 19.4 Å². The molecule has 5 heteroatoms. The highest BCUT2D eigenvalue weighted by atomic mass is 35.5. The highest BCUT2D eigenvalue weighted by Gasteiger charge is 2.26. The lowest BCUT2D eigenvalue weighted by Crippen LogP contribution is -2.44. The maximum absolute atomic E-state index is 11.9. The standard InChI is InChI=1S/C13H20N2OS.ClH/c1-13(2,11-6-4-8-17-11)9-15-12(16)10-5-3-7-14-10;/h4,6,8,10,14H,3,5,7,9H2,1-2H3,(H,15,16);1H. The fourth-order valence-electron chi connectivity index (χ4n) is 2.09. The molecule has 1 aliphatic heterocycles. The molecule has 1 fully saturated rings. The van der Waals surface area contributed by atoms with Crippen LogP contribution in [0.4, 0.5) is 0 Å². The Hall–Kier alpha value is -0.580. The molecule has 18 heavy (non-hydrogen) atoms. The fraction of sp³-hybridized carbons (Fsp3) is 0.615. The van der Waals surface area contributed by atoms with Gasteiger partial charge in [0, 0.05) is 16.8 Å². The maximum Gasteiger partial charge on any atom is 0.237 e. The number of carbonyl (C=O) groups excluding carboxylic acids is 1. The molecule has 3 nitrogen and oxygen atoms in total. The van der Waals surface area contributed by atoms with Crippen LogP contribution < -0.4 is 10.6 Å². The van der Waals surface area contributed by atoms with Gasteiger partial charge in [0.25, 0.3) is 0 Å². The van der Waals surface area contributed by atoms with Crippen molar-refractivity contribution in [3.05, 3.63) is 22.4 Å². The summed E-state index contributed by atoms with van der Waals surface area (Å²) in [5, 5.41) is 8.36. The van der Waals surface area contributed by atoms with Crippen LogP contribution in [0.3, 0.4) is 0 Å². The van der Waals surface area contributed by atoms with Gasteiger partial charge in [-0.15, -0.1) is 23.7 Å². The molecule has 1 unspecified atom stereocenters. The van der Waals surface area contributed by atoms with E-state index in [1.54, 1.807) is 11.3 Å². The number of thiophene rings is 1. The summed E-state index contributed by atoms with van der Waals surface area (Å²) in [6.45, 7) is 6.00. The van der Waals surface area contributed by atoms with Crippen LogP contribution >= 0.6 is 23.7 Å². The predicted octanol–water partition coefficient (Wildman–Crippen LogP) is 2.32. The van der Waals surface area contributed by atoms with Gasteiger partial charge in [-0.25, -0.2) is 0 Å². The number of carbonyl (C=O) groups is 1. The van der Waals surface area contributed by atoms with Gasteiger partial charge in [0.1, 0.15) is 0 Å². The van der Waals surface area contributed by atoms with Gasteiger partial charge in [-0.3, -0.25) is 4.79 Å². The summed E-state index contributed by atoms with van der Waals surface area (Å²) in [7, 11) is 0. The number of hydrogen-bond acceptors (Lipinski definition) is 3. The topological polar surface area (TPSA) is 41.1 Å². The zero-order valence-electron chi connectivity index (χ0n) is 10.9. The van der Waals surface area contributed by atoms with Gasteiger partial charge in [0.2, 0.25) is 5.91 Å². The lowest BCUT2D eigenvalue weighted by molar-refractivity contribution is -0.123. The Bertz CT molecular complexity index is 372. The van der Waals surface area contributed by atoms with Gasteiger partial charge in [-0.05, 0) is 30.8 Å². The Morgan fingerprint density at radius 2 is 2.39 bits per heavy atom. The van der Waals surface area contributed by atoms with Crippen molar-refractivity contribution in [3.63, 3.8) is 0 Å². The first-order chi connectivity index (χ1) is 8.09. The second-order valence-electron chi connectivity index (χ2n) is 5.23. The predicted molar refractivity (Wildman–Crippen MR) is 78.6 cm³/mol. The monoisotopic (exact) mass is 288 g/mol. The van der Waals surface area contributed by atoms with E-state index in [-0.39, 0.29) is 29.8 Å². The lowest BCUT2D eigenvalue weighted by Gasteiger charge is -2.24. The number of halogens is 1. The van der Waals surface area contributed by atoms with Gasteiger partial charge in [0.05, 0.1) is 6.04 Å². The van der Waals surface area contributed by atoms with E-state index in [4.69, 9.17) is 0 Å². The van der Waals surface area contributed by atoms with Crippen LogP contribution in [-0.4, -0.2) is 25.0 Å². The number of rotatable bonds is 4. The maximum atomic E-state index is 11.9. The van der Waals surface area contributed by atoms with Crippen LogP contribution in [0.25, 0.3) is 0 Å². The van der Waals surface area contributed by atoms with E-state index < -0.39 is 0 Å². The summed E-state index contributed by atoms with van der Waals surface area (Å²) in [4.78, 5) is 13.2.